The second-order valence-electron chi connectivity index (χ2n) is 5.74. The Hall–Kier alpha value is -2.43. The van der Waals surface area contributed by atoms with E-state index >= 15 is 0 Å². The predicted molar refractivity (Wildman–Crippen MR) is 98.4 cm³/mol. The number of hydrogen-bond donors (Lipinski definition) is 3. The fourth-order valence-electron chi connectivity index (χ4n) is 2.20. The minimum atomic E-state index is -0.0937. The van der Waals surface area contributed by atoms with E-state index in [2.05, 4.69) is 22.9 Å². The van der Waals surface area contributed by atoms with Crippen molar-refractivity contribution >= 4 is 17.9 Å². The van der Waals surface area contributed by atoms with Gasteiger partial charge in [-0.05, 0) is 43.0 Å². The smallest absolute Gasteiger partial charge is 0.174 e. The first-order valence-electron chi connectivity index (χ1n) is 8.17. The fourth-order valence-corrected chi connectivity index (χ4v) is 2.20. The van der Waals surface area contributed by atoms with E-state index in [9.17, 15) is 4.79 Å². The molecular formula is C20H24N2O2. The average molecular weight is 324 g/mol. The summed E-state index contributed by atoms with van der Waals surface area (Å²) in [5.41, 5.74) is 5.20. The summed E-state index contributed by atoms with van der Waals surface area (Å²) in [6, 6.07) is 7.77. The molecule has 0 spiro atoms. The highest BCUT2D eigenvalue weighted by Gasteiger charge is 2.00. The van der Waals surface area contributed by atoms with Crippen LogP contribution in [0, 0.1) is 0 Å². The highest BCUT2D eigenvalue weighted by Crippen LogP contribution is 2.09. The molecule has 0 aromatic heterocycles. The lowest BCUT2D eigenvalue weighted by molar-refractivity contribution is -0.113. The minimum Gasteiger partial charge on any atom is -0.378 e. The van der Waals surface area contributed by atoms with Crippen LogP contribution in [-0.4, -0.2) is 23.6 Å². The number of hydroxylamine groups is 1. The van der Waals surface area contributed by atoms with Crippen molar-refractivity contribution in [2.75, 3.05) is 6.54 Å². The fraction of sp³-hybridized carbons (Fsp3) is 0.250. The van der Waals surface area contributed by atoms with E-state index in [1.54, 1.807) is 6.08 Å². The largest absolute Gasteiger partial charge is 0.378 e. The quantitative estimate of drug-likeness (QED) is 0.506. The number of benzene rings is 1. The molecule has 126 valence electrons. The molecule has 1 unspecified atom stereocenters. The van der Waals surface area contributed by atoms with E-state index in [1.165, 1.54) is 0 Å². The van der Waals surface area contributed by atoms with E-state index in [1.807, 2.05) is 55.5 Å². The first kappa shape index (κ1) is 17.9. The average Bonchev–Trinajstić information content (AvgIpc) is 2.64. The molecule has 4 heteroatoms. The SMILES string of the molecule is CC(/C=C/c1ccc(/C=C/C(=O)CNC2=CCCC=C2)cc1)NO. The molecule has 1 aromatic carbocycles. The summed E-state index contributed by atoms with van der Waals surface area (Å²) in [4.78, 5) is 11.9. The highest BCUT2D eigenvalue weighted by atomic mass is 16.5. The summed E-state index contributed by atoms with van der Waals surface area (Å²) >= 11 is 0. The maximum Gasteiger partial charge on any atom is 0.174 e. The molecule has 3 N–H and O–H groups in total. The molecule has 1 atom stereocenters. The summed E-state index contributed by atoms with van der Waals surface area (Å²) < 4.78 is 0. The van der Waals surface area contributed by atoms with E-state index in [0.29, 0.717) is 6.54 Å². The summed E-state index contributed by atoms with van der Waals surface area (Å²) in [5, 5.41) is 11.9. The molecule has 0 saturated carbocycles. The molecule has 1 aromatic rings. The first-order chi connectivity index (χ1) is 11.7. The lowest BCUT2D eigenvalue weighted by Gasteiger charge is -2.08. The molecule has 1 aliphatic carbocycles. The molecule has 4 nitrogen and oxygen atoms in total. The van der Waals surface area contributed by atoms with Crippen molar-refractivity contribution in [1.82, 2.24) is 10.8 Å². The third kappa shape index (κ3) is 6.36. The maximum atomic E-state index is 11.9. The van der Waals surface area contributed by atoms with Crippen LogP contribution in [-0.2, 0) is 4.79 Å². The maximum absolute atomic E-state index is 11.9. The molecule has 0 aliphatic heterocycles. The summed E-state index contributed by atoms with van der Waals surface area (Å²) in [5.74, 6) is 0.0432. The predicted octanol–water partition coefficient (Wildman–Crippen LogP) is 3.47. The van der Waals surface area contributed by atoms with Gasteiger partial charge in [-0.1, -0.05) is 54.6 Å². The molecule has 1 aliphatic rings. The van der Waals surface area contributed by atoms with Crippen molar-refractivity contribution in [3.8, 4) is 0 Å². The Morgan fingerprint density at radius 1 is 1.21 bits per heavy atom. The van der Waals surface area contributed by atoms with Gasteiger partial charge in [0, 0.05) is 11.7 Å². The number of carbonyl (C=O) groups is 1. The van der Waals surface area contributed by atoms with Gasteiger partial charge in [0.1, 0.15) is 0 Å². The Labute approximate surface area is 143 Å². The zero-order chi connectivity index (χ0) is 17.2. The van der Waals surface area contributed by atoms with Crippen LogP contribution in [0.3, 0.4) is 0 Å². The molecule has 0 radical (unpaired) electrons. The van der Waals surface area contributed by atoms with Gasteiger partial charge in [-0.2, -0.15) is 5.48 Å². The van der Waals surface area contributed by atoms with Gasteiger partial charge < -0.3 is 10.5 Å². The molecule has 2 rings (SSSR count). The Morgan fingerprint density at radius 2 is 1.92 bits per heavy atom. The lowest BCUT2D eigenvalue weighted by atomic mass is 10.1. The van der Waals surface area contributed by atoms with Crippen LogP contribution in [0.15, 0.2) is 60.3 Å². The summed E-state index contributed by atoms with van der Waals surface area (Å²) in [6.07, 6.45) is 15.5. The van der Waals surface area contributed by atoms with Gasteiger partial charge in [-0.25, -0.2) is 0 Å². The van der Waals surface area contributed by atoms with E-state index < -0.39 is 0 Å². The molecular weight excluding hydrogens is 300 g/mol. The van der Waals surface area contributed by atoms with E-state index in [0.717, 1.165) is 29.7 Å². The molecule has 24 heavy (non-hydrogen) atoms. The second kappa shape index (κ2) is 9.65. The van der Waals surface area contributed by atoms with Crippen LogP contribution in [0.2, 0.25) is 0 Å². The highest BCUT2D eigenvalue weighted by molar-refractivity contribution is 5.95. The van der Waals surface area contributed by atoms with Crippen molar-refractivity contribution in [2.45, 2.75) is 25.8 Å². The van der Waals surface area contributed by atoms with Gasteiger partial charge in [0.15, 0.2) is 5.78 Å². The Kier molecular flexibility index (Phi) is 7.21. The van der Waals surface area contributed by atoms with Crippen molar-refractivity contribution in [3.05, 3.63) is 71.5 Å². The van der Waals surface area contributed by atoms with E-state index in [-0.39, 0.29) is 11.8 Å². The van der Waals surface area contributed by atoms with Gasteiger partial charge in [0.2, 0.25) is 0 Å². The van der Waals surface area contributed by atoms with Crippen LogP contribution in [0.1, 0.15) is 30.9 Å². The number of hydrogen-bond acceptors (Lipinski definition) is 4. The second-order valence-corrected chi connectivity index (χ2v) is 5.74. The third-order valence-corrected chi connectivity index (χ3v) is 3.64. The molecule has 0 saturated heterocycles. The standard InChI is InChI=1S/C20H24N2O2/c1-16(22-24)7-8-17-9-11-18(12-10-17)13-14-20(23)15-21-19-5-3-2-4-6-19/h3,5-14,16,21-22,24H,2,4,15H2,1H3/b8-7+,14-13+. The van der Waals surface area contributed by atoms with Crippen LogP contribution in [0.5, 0.6) is 0 Å². The summed E-state index contributed by atoms with van der Waals surface area (Å²) in [7, 11) is 0. The van der Waals surface area contributed by atoms with Crippen LogP contribution < -0.4 is 10.8 Å². The number of nitrogens with one attached hydrogen (secondary N) is 2. The Bertz CT molecular complexity index is 655. The number of carbonyl (C=O) groups excluding carboxylic acids is 1. The van der Waals surface area contributed by atoms with Crippen LogP contribution in [0.4, 0.5) is 0 Å². The van der Waals surface area contributed by atoms with E-state index in [4.69, 9.17) is 5.21 Å². The third-order valence-electron chi connectivity index (χ3n) is 3.64. The van der Waals surface area contributed by atoms with Crippen molar-refractivity contribution in [1.29, 1.82) is 0 Å². The van der Waals surface area contributed by atoms with Gasteiger partial charge in [-0.15, -0.1) is 0 Å². The molecule has 0 fully saturated rings. The number of allylic oxidation sites excluding steroid dienone is 3. The zero-order valence-corrected chi connectivity index (χ0v) is 13.9. The zero-order valence-electron chi connectivity index (χ0n) is 13.9. The van der Waals surface area contributed by atoms with Crippen molar-refractivity contribution in [3.63, 3.8) is 0 Å². The van der Waals surface area contributed by atoms with Gasteiger partial charge in [0.05, 0.1) is 6.54 Å². The first-order valence-corrected chi connectivity index (χ1v) is 8.17. The van der Waals surface area contributed by atoms with Gasteiger partial charge in [0.25, 0.3) is 0 Å². The lowest BCUT2D eigenvalue weighted by Crippen LogP contribution is -2.20. The topological polar surface area (TPSA) is 61.4 Å². The number of ketones is 1. The van der Waals surface area contributed by atoms with Gasteiger partial charge >= 0.3 is 0 Å². The number of rotatable bonds is 8. The normalized spacial score (nSPS) is 15.7. The monoisotopic (exact) mass is 324 g/mol. The van der Waals surface area contributed by atoms with Crippen LogP contribution in [0.25, 0.3) is 12.2 Å². The molecule has 0 bridgehead atoms. The van der Waals surface area contributed by atoms with Crippen molar-refractivity contribution < 1.29 is 10.0 Å². The Balaban J connectivity index is 1.82. The van der Waals surface area contributed by atoms with Crippen molar-refractivity contribution in [2.24, 2.45) is 0 Å². The molecule has 0 amide bonds. The summed E-state index contributed by atoms with van der Waals surface area (Å²) in [6.45, 7) is 2.16. The van der Waals surface area contributed by atoms with Crippen LogP contribution >= 0.6 is 0 Å². The minimum absolute atomic E-state index is 0.0432. The van der Waals surface area contributed by atoms with Gasteiger partial charge in [-0.3, -0.25) is 4.79 Å². The Morgan fingerprint density at radius 3 is 2.54 bits per heavy atom. The molecule has 0 heterocycles.